The summed E-state index contributed by atoms with van der Waals surface area (Å²) in [5, 5.41) is 9.53. The fourth-order valence-electron chi connectivity index (χ4n) is 2.23. The van der Waals surface area contributed by atoms with Crippen molar-refractivity contribution in [3.63, 3.8) is 0 Å². The second-order valence-electron chi connectivity index (χ2n) is 4.73. The third-order valence-corrected chi connectivity index (χ3v) is 4.97. The Balaban J connectivity index is 1.93. The number of sulfone groups is 1. The number of piperidine rings is 1. The molecule has 1 aromatic rings. The third-order valence-electron chi connectivity index (χ3n) is 3.26. The third kappa shape index (κ3) is 3.54. The van der Waals surface area contributed by atoms with Crippen molar-refractivity contribution in [2.75, 3.05) is 25.4 Å². The van der Waals surface area contributed by atoms with E-state index < -0.39 is 9.84 Å². The zero-order chi connectivity index (χ0) is 13.0. The topological polar surface area (TPSA) is 57.6 Å². The number of aliphatic hydroxyl groups is 1. The highest BCUT2D eigenvalue weighted by Crippen LogP contribution is 2.13. The summed E-state index contributed by atoms with van der Waals surface area (Å²) in [7, 11) is -3.20. The smallest absolute Gasteiger partial charge is 0.179 e. The van der Waals surface area contributed by atoms with Crippen LogP contribution in [0.25, 0.3) is 0 Å². The molecule has 0 saturated carbocycles. The van der Waals surface area contributed by atoms with Crippen LogP contribution in [-0.4, -0.2) is 49.9 Å². The minimum atomic E-state index is -3.20. The number of nitrogens with zero attached hydrogens (tertiary/aromatic N) is 1. The molecule has 5 heteroatoms. The first kappa shape index (κ1) is 13.5. The van der Waals surface area contributed by atoms with E-state index in [4.69, 9.17) is 0 Å². The molecule has 1 atom stereocenters. The van der Waals surface area contributed by atoms with E-state index in [-0.39, 0.29) is 11.9 Å². The molecule has 18 heavy (non-hydrogen) atoms. The lowest BCUT2D eigenvalue weighted by molar-refractivity contribution is 0.0741. The van der Waals surface area contributed by atoms with E-state index in [0.29, 0.717) is 18.0 Å². The molecule has 0 bridgehead atoms. The number of likely N-dealkylation sites (tertiary alicyclic amines) is 1. The van der Waals surface area contributed by atoms with Gasteiger partial charge in [0.2, 0.25) is 0 Å². The highest BCUT2D eigenvalue weighted by molar-refractivity contribution is 7.91. The Morgan fingerprint density at radius 1 is 1.28 bits per heavy atom. The first-order valence-corrected chi connectivity index (χ1v) is 7.91. The predicted octanol–water partition coefficient (Wildman–Crippen LogP) is 0.917. The minimum absolute atomic E-state index is 0.115. The van der Waals surface area contributed by atoms with Crippen LogP contribution in [0.15, 0.2) is 35.2 Å². The molecule has 2 rings (SSSR count). The molecule has 0 amide bonds. The van der Waals surface area contributed by atoms with Gasteiger partial charge in [-0.25, -0.2) is 8.42 Å². The summed E-state index contributed by atoms with van der Waals surface area (Å²) in [6, 6.07) is 8.52. The molecule has 1 N–H and O–H groups in total. The molecule has 1 saturated heterocycles. The molecule has 4 nitrogen and oxygen atoms in total. The van der Waals surface area contributed by atoms with E-state index in [1.807, 2.05) is 4.90 Å². The summed E-state index contributed by atoms with van der Waals surface area (Å²) < 4.78 is 24.1. The second kappa shape index (κ2) is 5.82. The van der Waals surface area contributed by atoms with Crippen LogP contribution in [-0.2, 0) is 9.84 Å². The Morgan fingerprint density at radius 2 is 2.00 bits per heavy atom. The summed E-state index contributed by atoms with van der Waals surface area (Å²) in [5.41, 5.74) is 0. The molecule has 0 spiro atoms. The first-order chi connectivity index (χ1) is 8.58. The average Bonchev–Trinajstić information content (AvgIpc) is 2.38. The van der Waals surface area contributed by atoms with E-state index >= 15 is 0 Å². The molecule has 1 unspecified atom stereocenters. The van der Waals surface area contributed by atoms with Crippen molar-refractivity contribution < 1.29 is 13.5 Å². The molecular formula is C13H19NO3S. The van der Waals surface area contributed by atoms with Gasteiger partial charge in [-0.15, -0.1) is 0 Å². The molecule has 1 aliphatic rings. The van der Waals surface area contributed by atoms with Crippen LogP contribution in [0.4, 0.5) is 0 Å². The van der Waals surface area contributed by atoms with Crippen molar-refractivity contribution in [2.45, 2.75) is 23.8 Å². The van der Waals surface area contributed by atoms with Crippen LogP contribution in [0.1, 0.15) is 12.8 Å². The maximum Gasteiger partial charge on any atom is 0.179 e. The largest absolute Gasteiger partial charge is 0.392 e. The lowest BCUT2D eigenvalue weighted by Gasteiger charge is -2.29. The van der Waals surface area contributed by atoms with Crippen LogP contribution < -0.4 is 0 Å². The van der Waals surface area contributed by atoms with E-state index in [9.17, 15) is 13.5 Å². The van der Waals surface area contributed by atoms with Crippen LogP contribution >= 0.6 is 0 Å². The minimum Gasteiger partial charge on any atom is -0.392 e. The standard InChI is InChI=1S/C13H19NO3S/c15-12-5-4-8-14(11-12)9-10-18(16,17)13-6-2-1-3-7-13/h1-3,6-7,12,15H,4-5,8-11H2. The zero-order valence-electron chi connectivity index (χ0n) is 10.3. The predicted molar refractivity (Wildman–Crippen MR) is 70.2 cm³/mol. The molecule has 0 aromatic heterocycles. The molecule has 100 valence electrons. The van der Waals surface area contributed by atoms with E-state index in [1.165, 1.54) is 0 Å². The fourth-order valence-corrected chi connectivity index (χ4v) is 3.54. The van der Waals surface area contributed by atoms with Gasteiger partial charge in [-0.2, -0.15) is 0 Å². The maximum absolute atomic E-state index is 12.1. The quantitative estimate of drug-likeness (QED) is 0.883. The summed E-state index contributed by atoms with van der Waals surface area (Å²) in [5.74, 6) is 0.115. The number of benzene rings is 1. The van der Waals surface area contributed by atoms with Crippen molar-refractivity contribution in [1.82, 2.24) is 4.90 Å². The van der Waals surface area contributed by atoms with Crippen molar-refractivity contribution in [1.29, 1.82) is 0 Å². The maximum atomic E-state index is 12.1. The van der Waals surface area contributed by atoms with E-state index in [2.05, 4.69) is 0 Å². The summed E-state index contributed by atoms with van der Waals surface area (Å²) in [4.78, 5) is 2.40. The second-order valence-corrected chi connectivity index (χ2v) is 6.84. The van der Waals surface area contributed by atoms with Crippen LogP contribution in [0, 0.1) is 0 Å². The molecule has 0 radical (unpaired) electrons. The van der Waals surface area contributed by atoms with Crippen molar-refractivity contribution in [2.24, 2.45) is 0 Å². The Labute approximate surface area is 108 Å². The van der Waals surface area contributed by atoms with Gasteiger partial charge in [0, 0.05) is 13.1 Å². The molecule has 1 aromatic carbocycles. The number of hydrogen-bond acceptors (Lipinski definition) is 4. The lowest BCUT2D eigenvalue weighted by atomic mass is 10.1. The molecule has 1 aliphatic heterocycles. The van der Waals surface area contributed by atoms with Gasteiger partial charge in [0.1, 0.15) is 0 Å². The highest BCUT2D eigenvalue weighted by Gasteiger charge is 2.20. The van der Waals surface area contributed by atoms with Crippen LogP contribution in [0.2, 0.25) is 0 Å². The number of hydrogen-bond donors (Lipinski definition) is 1. The number of β-amino-alcohol motifs (C(OH)–C–C–N with tert-alkyl or cyclic N) is 1. The average molecular weight is 269 g/mol. The van der Waals surface area contributed by atoms with E-state index in [1.54, 1.807) is 30.3 Å². The normalized spacial score (nSPS) is 21.9. The van der Waals surface area contributed by atoms with Gasteiger partial charge in [0.25, 0.3) is 0 Å². The summed E-state index contributed by atoms with van der Waals surface area (Å²) in [6.45, 7) is 1.96. The lowest BCUT2D eigenvalue weighted by Crippen LogP contribution is -2.40. The van der Waals surface area contributed by atoms with E-state index in [0.717, 1.165) is 19.4 Å². The molecule has 1 fully saturated rings. The molecule has 1 heterocycles. The molecule has 0 aliphatic carbocycles. The Hall–Kier alpha value is -0.910. The highest BCUT2D eigenvalue weighted by atomic mass is 32.2. The Kier molecular flexibility index (Phi) is 4.37. The van der Waals surface area contributed by atoms with Gasteiger partial charge in [0.05, 0.1) is 16.8 Å². The SMILES string of the molecule is O=S(=O)(CCN1CCCC(O)C1)c1ccccc1. The van der Waals surface area contributed by atoms with Crippen LogP contribution in [0.3, 0.4) is 0 Å². The zero-order valence-corrected chi connectivity index (χ0v) is 11.1. The van der Waals surface area contributed by atoms with Gasteiger partial charge in [0.15, 0.2) is 9.84 Å². The summed E-state index contributed by atoms with van der Waals surface area (Å²) >= 11 is 0. The monoisotopic (exact) mass is 269 g/mol. The van der Waals surface area contributed by atoms with Crippen molar-refractivity contribution in [3.8, 4) is 0 Å². The van der Waals surface area contributed by atoms with Crippen molar-refractivity contribution >= 4 is 9.84 Å². The summed E-state index contributed by atoms with van der Waals surface area (Å²) in [6.07, 6.45) is 1.45. The Bertz CT molecular complexity index is 472. The van der Waals surface area contributed by atoms with Gasteiger partial charge in [-0.3, -0.25) is 4.90 Å². The van der Waals surface area contributed by atoms with Gasteiger partial charge >= 0.3 is 0 Å². The van der Waals surface area contributed by atoms with Gasteiger partial charge in [-0.05, 0) is 31.5 Å². The first-order valence-electron chi connectivity index (χ1n) is 6.26. The number of aliphatic hydroxyl groups excluding tert-OH is 1. The fraction of sp³-hybridized carbons (Fsp3) is 0.538. The van der Waals surface area contributed by atoms with Crippen molar-refractivity contribution in [3.05, 3.63) is 30.3 Å². The van der Waals surface area contributed by atoms with Gasteiger partial charge < -0.3 is 5.11 Å². The number of rotatable bonds is 4. The Morgan fingerprint density at radius 3 is 2.67 bits per heavy atom. The molecular weight excluding hydrogens is 250 g/mol. The van der Waals surface area contributed by atoms with Gasteiger partial charge in [-0.1, -0.05) is 18.2 Å². The van der Waals surface area contributed by atoms with Crippen LogP contribution in [0.5, 0.6) is 0 Å².